The standard InChI is InChI=1S/C29H41F3N3O8PS/c1-4-6-12-28(5-2)19-45(40,41)24-15-21(23(42-3)16-22(24)26(35-28)20-10-8-7-9-11-20)17-34-25(36)18-33-13-14-44(38,39)43-27(37)29(30,31)32/h7-11,15-16,26,33,35,40-41H,4-6,12-14,17-19H2,1-3H3,(H,34,36)(H,38,39)/t26-,28-/m1/s1. The van der Waals surface area contributed by atoms with Crippen LogP contribution in [0.4, 0.5) is 13.2 Å². The fourth-order valence-electron chi connectivity index (χ4n) is 5.20. The van der Waals surface area contributed by atoms with E-state index in [-0.39, 0.29) is 31.4 Å². The molecule has 11 nitrogen and oxygen atoms in total. The van der Waals surface area contributed by atoms with Crippen LogP contribution in [-0.4, -0.2) is 69.7 Å². The Bertz CT molecular complexity index is 1380. The summed E-state index contributed by atoms with van der Waals surface area (Å²) >= 11 is 0. The quantitative estimate of drug-likeness (QED) is 0.113. The summed E-state index contributed by atoms with van der Waals surface area (Å²) in [6, 6.07) is 12.7. The summed E-state index contributed by atoms with van der Waals surface area (Å²) in [6.45, 7) is 3.29. The first kappa shape index (κ1) is 36.8. The molecule has 1 heterocycles. The van der Waals surface area contributed by atoms with Crippen LogP contribution in [0.25, 0.3) is 0 Å². The second-order valence-electron chi connectivity index (χ2n) is 10.9. The highest BCUT2D eigenvalue weighted by Crippen LogP contribution is 2.58. The molecule has 0 aliphatic carbocycles. The number of rotatable bonds is 14. The topological polar surface area (TPSA) is 166 Å². The van der Waals surface area contributed by atoms with Crippen LogP contribution in [0.2, 0.25) is 0 Å². The Morgan fingerprint density at radius 3 is 2.47 bits per heavy atom. The molecule has 1 unspecified atom stereocenters. The van der Waals surface area contributed by atoms with Crippen molar-refractivity contribution in [1.82, 2.24) is 16.0 Å². The zero-order chi connectivity index (χ0) is 33.5. The van der Waals surface area contributed by atoms with Gasteiger partial charge in [0.15, 0.2) is 0 Å². The minimum Gasteiger partial charge on any atom is -0.496 e. The van der Waals surface area contributed by atoms with E-state index in [4.69, 9.17) is 4.74 Å². The summed E-state index contributed by atoms with van der Waals surface area (Å²) in [4.78, 5) is 33.1. The molecule has 0 bridgehead atoms. The lowest BCUT2D eigenvalue weighted by Gasteiger charge is -2.42. The molecule has 0 saturated heterocycles. The molecule has 2 aromatic rings. The number of fused-ring (bicyclic) bond motifs is 1. The van der Waals surface area contributed by atoms with Crippen molar-refractivity contribution >= 4 is 30.1 Å². The Hall–Kier alpha value is -2.65. The van der Waals surface area contributed by atoms with Gasteiger partial charge in [0.25, 0.3) is 0 Å². The van der Waals surface area contributed by atoms with Gasteiger partial charge in [-0.15, -0.1) is 0 Å². The van der Waals surface area contributed by atoms with Gasteiger partial charge in [-0.2, -0.15) is 23.8 Å². The van der Waals surface area contributed by atoms with E-state index in [2.05, 4.69) is 27.4 Å². The van der Waals surface area contributed by atoms with Gasteiger partial charge in [-0.1, -0.05) is 57.0 Å². The van der Waals surface area contributed by atoms with Crippen molar-refractivity contribution in [2.24, 2.45) is 0 Å². The molecule has 45 heavy (non-hydrogen) atoms. The maximum Gasteiger partial charge on any atom is 0.491 e. The van der Waals surface area contributed by atoms with E-state index in [0.717, 1.165) is 24.8 Å². The third-order valence-electron chi connectivity index (χ3n) is 7.61. The molecule has 3 rings (SSSR count). The lowest BCUT2D eigenvalue weighted by Crippen LogP contribution is -2.49. The number of benzene rings is 2. The molecule has 1 amide bonds. The Morgan fingerprint density at radius 2 is 1.87 bits per heavy atom. The number of hydrogen-bond acceptors (Lipinski definition) is 9. The normalized spacial score (nSPS) is 21.5. The number of carbonyl (C=O) groups is 2. The van der Waals surface area contributed by atoms with Crippen molar-refractivity contribution in [3.05, 3.63) is 59.2 Å². The number of alkyl halides is 3. The largest absolute Gasteiger partial charge is 0.496 e. The van der Waals surface area contributed by atoms with Crippen molar-refractivity contribution < 1.29 is 50.6 Å². The van der Waals surface area contributed by atoms with Crippen molar-refractivity contribution in [3.63, 3.8) is 0 Å². The average Bonchev–Trinajstić information content (AvgIpc) is 3.08. The van der Waals surface area contributed by atoms with Crippen molar-refractivity contribution in [2.45, 2.75) is 68.7 Å². The lowest BCUT2D eigenvalue weighted by molar-refractivity contribution is -0.190. The van der Waals surface area contributed by atoms with Gasteiger partial charge in [0.1, 0.15) is 5.75 Å². The molecule has 0 fully saturated rings. The van der Waals surface area contributed by atoms with Crippen LogP contribution >= 0.6 is 18.2 Å². The summed E-state index contributed by atoms with van der Waals surface area (Å²) in [5.74, 6) is -2.82. The van der Waals surface area contributed by atoms with Crippen LogP contribution in [0.15, 0.2) is 47.4 Å². The first-order chi connectivity index (χ1) is 21.1. The van der Waals surface area contributed by atoms with Crippen LogP contribution in [0.5, 0.6) is 5.75 Å². The van der Waals surface area contributed by atoms with E-state index in [0.29, 0.717) is 28.2 Å². The summed E-state index contributed by atoms with van der Waals surface area (Å²) < 4.78 is 81.1. The van der Waals surface area contributed by atoms with Crippen LogP contribution in [0, 0.1) is 0 Å². The molecule has 252 valence electrons. The first-order valence-electron chi connectivity index (χ1n) is 14.5. The second-order valence-corrected chi connectivity index (χ2v) is 14.9. The van der Waals surface area contributed by atoms with Gasteiger partial charge in [0.2, 0.25) is 5.91 Å². The number of unbranched alkanes of at least 4 members (excludes halogenated alkanes) is 1. The minimum absolute atomic E-state index is 0.0631. The summed E-state index contributed by atoms with van der Waals surface area (Å²) in [5, 5.41) is 8.93. The highest BCUT2D eigenvalue weighted by Gasteiger charge is 2.45. The highest BCUT2D eigenvalue weighted by molar-refractivity contribution is 8.24. The van der Waals surface area contributed by atoms with E-state index in [9.17, 15) is 41.3 Å². The number of hydrogen-bond donors (Lipinski definition) is 6. The van der Waals surface area contributed by atoms with E-state index in [1.807, 2.05) is 37.3 Å². The predicted molar refractivity (Wildman–Crippen MR) is 164 cm³/mol. The molecule has 0 aromatic heterocycles. The zero-order valence-electron chi connectivity index (χ0n) is 25.4. The van der Waals surface area contributed by atoms with E-state index in [1.54, 1.807) is 12.1 Å². The molecule has 0 radical (unpaired) electrons. The molecule has 6 N–H and O–H groups in total. The highest BCUT2D eigenvalue weighted by atomic mass is 32.3. The molecular formula is C29H41F3N3O8PS. The summed E-state index contributed by atoms with van der Waals surface area (Å²) in [6.07, 6.45) is -2.99. The summed E-state index contributed by atoms with van der Waals surface area (Å²) in [5.41, 5.74) is 1.53. The summed E-state index contributed by atoms with van der Waals surface area (Å²) in [7, 11) is -6.72. The van der Waals surface area contributed by atoms with Gasteiger partial charge in [0, 0.05) is 29.8 Å². The van der Waals surface area contributed by atoms with E-state index >= 15 is 0 Å². The molecule has 1 aliphatic rings. The van der Waals surface area contributed by atoms with Gasteiger partial charge in [-0.3, -0.25) is 19.2 Å². The maximum atomic E-state index is 12.5. The van der Waals surface area contributed by atoms with E-state index < -0.39 is 47.9 Å². The average molecular weight is 680 g/mol. The predicted octanol–water partition coefficient (Wildman–Crippen LogP) is 5.33. The smallest absolute Gasteiger partial charge is 0.491 e. The molecule has 0 saturated carbocycles. The number of methoxy groups -OCH3 is 1. The third-order valence-corrected chi connectivity index (χ3v) is 10.9. The van der Waals surface area contributed by atoms with Gasteiger partial charge >= 0.3 is 19.7 Å². The molecule has 16 heteroatoms. The molecular weight excluding hydrogens is 638 g/mol. The van der Waals surface area contributed by atoms with Gasteiger partial charge in [-0.25, -0.2) is 9.36 Å². The Morgan fingerprint density at radius 1 is 1.18 bits per heavy atom. The Balaban J connectivity index is 1.79. The van der Waals surface area contributed by atoms with Gasteiger partial charge in [0.05, 0.1) is 36.5 Å². The van der Waals surface area contributed by atoms with Crippen LogP contribution < -0.4 is 20.7 Å². The number of carbonyl (C=O) groups excluding carboxylic acids is 2. The first-order valence-corrected chi connectivity index (χ1v) is 17.9. The molecule has 3 atom stereocenters. The lowest BCUT2D eigenvalue weighted by atomic mass is 9.88. The second kappa shape index (κ2) is 15.3. The van der Waals surface area contributed by atoms with Crippen molar-refractivity contribution in [3.8, 4) is 5.75 Å². The Labute approximate surface area is 262 Å². The maximum absolute atomic E-state index is 12.5. The molecule has 1 aliphatic heterocycles. The third kappa shape index (κ3) is 9.92. The SMILES string of the molecule is CCCC[C@]1(CC)CS(O)(O)c2cc(CNC(=O)CNCCP(=O)(O)OC(=O)C(F)(F)F)c(OC)cc2[C@@H](c2ccccc2)N1. The van der Waals surface area contributed by atoms with Crippen LogP contribution in [-0.2, 0) is 25.2 Å². The fraction of sp³-hybridized carbons (Fsp3) is 0.517. The number of halogens is 3. The number of nitrogens with one attached hydrogen (secondary N) is 3. The van der Waals surface area contributed by atoms with Crippen LogP contribution in [0.3, 0.4) is 0 Å². The van der Waals surface area contributed by atoms with E-state index in [1.165, 1.54) is 7.11 Å². The monoisotopic (exact) mass is 679 g/mol. The zero-order valence-corrected chi connectivity index (χ0v) is 27.1. The van der Waals surface area contributed by atoms with Crippen molar-refractivity contribution in [1.29, 1.82) is 0 Å². The number of ether oxygens (including phenoxy) is 1. The van der Waals surface area contributed by atoms with Crippen molar-refractivity contribution in [2.75, 3.05) is 32.1 Å². The molecule has 2 aromatic carbocycles. The Kier molecular flexibility index (Phi) is 12.5. The van der Waals surface area contributed by atoms with Crippen LogP contribution in [0.1, 0.15) is 62.3 Å². The molecule has 0 spiro atoms. The van der Waals surface area contributed by atoms with Gasteiger partial charge < -0.3 is 24.8 Å². The fourth-order valence-corrected chi connectivity index (χ4v) is 8.34. The number of amides is 1. The minimum atomic E-state index is -5.41. The van der Waals surface area contributed by atoms with Gasteiger partial charge in [-0.05, 0) is 30.5 Å².